The number of rotatable bonds is 7. The second-order valence-electron chi connectivity index (χ2n) is 2.29. The molecular formula is C8H17O3. The van der Waals surface area contributed by atoms with Crippen molar-refractivity contribution in [2.24, 2.45) is 0 Å². The van der Waals surface area contributed by atoms with Crippen molar-refractivity contribution in [3.8, 4) is 0 Å². The maximum absolute atomic E-state index is 8.69. The van der Waals surface area contributed by atoms with Crippen molar-refractivity contribution in [1.29, 1.82) is 0 Å². The molecule has 3 heteroatoms. The molecule has 1 unspecified atom stereocenters. The highest BCUT2D eigenvalue weighted by Gasteiger charge is 1.93. The first kappa shape index (κ1) is 10.9. The van der Waals surface area contributed by atoms with Crippen LogP contribution in [0.3, 0.4) is 0 Å². The summed E-state index contributed by atoms with van der Waals surface area (Å²) in [5.41, 5.74) is 0. The van der Waals surface area contributed by atoms with Crippen molar-refractivity contribution < 1.29 is 14.6 Å². The van der Waals surface area contributed by atoms with Crippen molar-refractivity contribution in [2.45, 2.75) is 26.1 Å². The van der Waals surface area contributed by atoms with Gasteiger partial charge in [0.25, 0.3) is 0 Å². The molecule has 1 atom stereocenters. The van der Waals surface area contributed by atoms with Gasteiger partial charge in [-0.2, -0.15) is 0 Å². The van der Waals surface area contributed by atoms with Crippen LogP contribution in [0, 0.1) is 6.92 Å². The largest absolute Gasteiger partial charge is 0.381 e. The van der Waals surface area contributed by atoms with Crippen molar-refractivity contribution in [2.75, 3.05) is 19.8 Å². The van der Waals surface area contributed by atoms with Crippen LogP contribution in [0.5, 0.6) is 0 Å². The van der Waals surface area contributed by atoms with Crippen LogP contribution in [-0.2, 0) is 9.47 Å². The molecule has 0 fully saturated rings. The molecule has 0 aliphatic carbocycles. The maximum atomic E-state index is 8.69. The lowest BCUT2D eigenvalue weighted by Gasteiger charge is -2.05. The zero-order valence-electron chi connectivity index (χ0n) is 7.08. The van der Waals surface area contributed by atoms with Gasteiger partial charge in [0.2, 0.25) is 0 Å². The number of aliphatic hydroxyl groups excluding tert-OH is 1. The molecule has 0 aromatic carbocycles. The van der Waals surface area contributed by atoms with Gasteiger partial charge < -0.3 is 14.6 Å². The van der Waals surface area contributed by atoms with Gasteiger partial charge in [-0.15, -0.1) is 0 Å². The van der Waals surface area contributed by atoms with E-state index in [0.717, 1.165) is 19.4 Å². The number of hydrogen-bond acceptors (Lipinski definition) is 3. The van der Waals surface area contributed by atoms with Crippen molar-refractivity contribution in [3.63, 3.8) is 0 Å². The van der Waals surface area contributed by atoms with Crippen LogP contribution < -0.4 is 0 Å². The van der Waals surface area contributed by atoms with E-state index in [4.69, 9.17) is 14.6 Å². The third-order valence-electron chi connectivity index (χ3n) is 1.19. The van der Waals surface area contributed by atoms with Crippen LogP contribution in [0.1, 0.15) is 19.8 Å². The molecule has 0 saturated heterocycles. The molecule has 0 aliphatic heterocycles. The Kier molecular flexibility index (Phi) is 7.89. The SMILES string of the molecule is [CH2]COCCCCOC(C)O. The minimum Gasteiger partial charge on any atom is -0.381 e. The molecule has 0 rings (SSSR count). The second kappa shape index (κ2) is 7.98. The van der Waals surface area contributed by atoms with Gasteiger partial charge in [-0.1, -0.05) is 0 Å². The van der Waals surface area contributed by atoms with E-state index in [2.05, 4.69) is 6.92 Å². The summed E-state index contributed by atoms with van der Waals surface area (Å²) in [7, 11) is 0. The molecule has 0 aliphatic rings. The molecule has 0 aromatic rings. The summed E-state index contributed by atoms with van der Waals surface area (Å²) >= 11 is 0. The van der Waals surface area contributed by atoms with E-state index < -0.39 is 6.29 Å². The smallest absolute Gasteiger partial charge is 0.151 e. The fourth-order valence-electron chi connectivity index (χ4n) is 0.662. The Labute approximate surface area is 68.3 Å². The van der Waals surface area contributed by atoms with Gasteiger partial charge in [-0.25, -0.2) is 0 Å². The minimum atomic E-state index is -0.649. The monoisotopic (exact) mass is 161 g/mol. The van der Waals surface area contributed by atoms with Gasteiger partial charge in [0.15, 0.2) is 6.29 Å². The van der Waals surface area contributed by atoms with Crippen molar-refractivity contribution >= 4 is 0 Å². The molecule has 0 spiro atoms. The fourth-order valence-corrected chi connectivity index (χ4v) is 0.662. The third-order valence-corrected chi connectivity index (χ3v) is 1.19. The topological polar surface area (TPSA) is 38.7 Å². The molecule has 11 heavy (non-hydrogen) atoms. The number of hydrogen-bond donors (Lipinski definition) is 1. The van der Waals surface area contributed by atoms with Gasteiger partial charge in [-0.3, -0.25) is 0 Å². The normalized spacial score (nSPS) is 13.4. The molecular weight excluding hydrogens is 144 g/mol. The highest BCUT2D eigenvalue weighted by atomic mass is 16.6. The molecule has 67 valence electrons. The zero-order chi connectivity index (χ0) is 8.53. The number of unbranched alkanes of at least 4 members (excludes halogenated alkanes) is 1. The van der Waals surface area contributed by atoms with Crippen LogP contribution in [0.4, 0.5) is 0 Å². The number of ether oxygens (including phenoxy) is 2. The molecule has 0 heterocycles. The first-order chi connectivity index (χ1) is 5.27. The van der Waals surface area contributed by atoms with Crippen LogP contribution in [-0.4, -0.2) is 31.2 Å². The summed E-state index contributed by atoms with van der Waals surface area (Å²) in [6.07, 6.45) is 1.23. The lowest BCUT2D eigenvalue weighted by atomic mass is 10.3. The van der Waals surface area contributed by atoms with Gasteiger partial charge in [0.1, 0.15) is 0 Å². The quantitative estimate of drug-likeness (QED) is 0.446. The van der Waals surface area contributed by atoms with E-state index >= 15 is 0 Å². The van der Waals surface area contributed by atoms with Gasteiger partial charge in [0.05, 0.1) is 0 Å². The average molecular weight is 161 g/mol. The summed E-state index contributed by atoms with van der Waals surface area (Å²) in [6, 6.07) is 0. The molecule has 0 amide bonds. The van der Waals surface area contributed by atoms with Crippen LogP contribution in [0.2, 0.25) is 0 Å². The van der Waals surface area contributed by atoms with E-state index in [0.29, 0.717) is 13.2 Å². The second-order valence-corrected chi connectivity index (χ2v) is 2.29. The van der Waals surface area contributed by atoms with Crippen LogP contribution >= 0.6 is 0 Å². The van der Waals surface area contributed by atoms with E-state index in [1.165, 1.54) is 0 Å². The highest BCUT2D eigenvalue weighted by Crippen LogP contribution is 1.93. The fraction of sp³-hybridized carbons (Fsp3) is 0.875. The predicted molar refractivity (Wildman–Crippen MR) is 43.0 cm³/mol. The van der Waals surface area contributed by atoms with Crippen LogP contribution in [0.25, 0.3) is 0 Å². The Bertz CT molecular complexity index is 73.7. The summed E-state index contributed by atoms with van der Waals surface area (Å²) in [6.45, 7) is 6.99. The Morgan fingerprint density at radius 2 is 2.00 bits per heavy atom. The lowest BCUT2D eigenvalue weighted by Crippen LogP contribution is -2.07. The summed E-state index contributed by atoms with van der Waals surface area (Å²) < 4.78 is 9.92. The van der Waals surface area contributed by atoms with E-state index in [1.807, 2.05) is 0 Å². The van der Waals surface area contributed by atoms with Crippen LogP contribution in [0.15, 0.2) is 0 Å². The van der Waals surface area contributed by atoms with Crippen molar-refractivity contribution in [3.05, 3.63) is 6.92 Å². The van der Waals surface area contributed by atoms with E-state index in [-0.39, 0.29) is 0 Å². The molecule has 0 bridgehead atoms. The maximum Gasteiger partial charge on any atom is 0.151 e. The van der Waals surface area contributed by atoms with E-state index in [9.17, 15) is 0 Å². The third kappa shape index (κ3) is 9.88. The summed E-state index contributed by atoms with van der Waals surface area (Å²) in [4.78, 5) is 0. The molecule has 0 aromatic heterocycles. The first-order valence-electron chi connectivity index (χ1n) is 3.94. The van der Waals surface area contributed by atoms with Gasteiger partial charge in [0, 0.05) is 19.8 Å². The molecule has 0 saturated carbocycles. The standard InChI is InChI=1S/C8H17O3/c1-3-10-6-4-5-7-11-8(2)9/h8-9H,1,3-7H2,2H3. The first-order valence-corrected chi connectivity index (χ1v) is 3.94. The average Bonchev–Trinajstić information content (AvgIpc) is 1.96. The Morgan fingerprint density at radius 1 is 1.36 bits per heavy atom. The summed E-state index contributed by atoms with van der Waals surface area (Å²) in [5, 5.41) is 8.69. The summed E-state index contributed by atoms with van der Waals surface area (Å²) in [5.74, 6) is 0. The van der Waals surface area contributed by atoms with Gasteiger partial charge >= 0.3 is 0 Å². The van der Waals surface area contributed by atoms with E-state index in [1.54, 1.807) is 6.92 Å². The Hall–Kier alpha value is -0.120. The van der Waals surface area contributed by atoms with Gasteiger partial charge in [-0.05, 0) is 26.7 Å². The predicted octanol–water partition coefficient (Wildman–Crippen LogP) is 0.972. The Balaban J connectivity index is 2.80. The molecule has 1 N–H and O–H groups in total. The lowest BCUT2D eigenvalue weighted by molar-refractivity contribution is -0.0866. The Morgan fingerprint density at radius 3 is 2.55 bits per heavy atom. The van der Waals surface area contributed by atoms with Crippen molar-refractivity contribution in [1.82, 2.24) is 0 Å². The zero-order valence-corrected chi connectivity index (χ0v) is 7.08. The number of aliphatic hydroxyl groups is 1. The minimum absolute atomic E-state index is 0.525. The molecule has 3 nitrogen and oxygen atoms in total. The highest BCUT2D eigenvalue weighted by molar-refractivity contribution is 4.39. The molecule has 1 radical (unpaired) electrons.